The minimum absolute atomic E-state index is 0.0421. The summed E-state index contributed by atoms with van der Waals surface area (Å²) in [6, 6.07) is 0.103. The Morgan fingerprint density at radius 2 is 1.96 bits per heavy atom. The van der Waals surface area contributed by atoms with Crippen LogP contribution in [0.5, 0.6) is 0 Å². The molecule has 8 nitrogen and oxygen atoms in total. The molecular weight excluding hydrogens is 350 g/mol. The van der Waals surface area contributed by atoms with E-state index in [0.29, 0.717) is 45.6 Å². The van der Waals surface area contributed by atoms with Crippen molar-refractivity contribution in [1.82, 2.24) is 15.5 Å². The highest BCUT2D eigenvalue weighted by Crippen LogP contribution is 2.42. The van der Waals surface area contributed by atoms with Gasteiger partial charge in [-0.1, -0.05) is 19.3 Å². The Hall–Kier alpha value is -1.83. The number of nitrogens with zero attached hydrogens (tertiary/aromatic N) is 1. The molecule has 3 aliphatic rings. The molecule has 2 saturated heterocycles. The number of ether oxygens (including phenoxy) is 1. The summed E-state index contributed by atoms with van der Waals surface area (Å²) >= 11 is 0. The zero-order chi connectivity index (χ0) is 19.3. The van der Waals surface area contributed by atoms with Gasteiger partial charge < -0.3 is 25.4 Å². The van der Waals surface area contributed by atoms with Crippen LogP contribution in [0.15, 0.2) is 0 Å². The first kappa shape index (κ1) is 19.9. The van der Waals surface area contributed by atoms with Gasteiger partial charge in [-0.15, -0.1) is 0 Å². The Labute approximate surface area is 160 Å². The quantitative estimate of drug-likeness (QED) is 0.602. The average molecular weight is 381 g/mol. The van der Waals surface area contributed by atoms with E-state index in [4.69, 9.17) is 4.74 Å². The van der Waals surface area contributed by atoms with Crippen LogP contribution in [0.25, 0.3) is 0 Å². The van der Waals surface area contributed by atoms with Crippen LogP contribution in [0, 0.1) is 11.3 Å². The van der Waals surface area contributed by atoms with E-state index in [0.717, 1.165) is 12.8 Å². The van der Waals surface area contributed by atoms with Crippen molar-refractivity contribution in [3.05, 3.63) is 0 Å². The van der Waals surface area contributed by atoms with E-state index in [-0.39, 0.29) is 30.4 Å². The smallest absolute Gasteiger partial charge is 0.315 e. The van der Waals surface area contributed by atoms with E-state index in [1.807, 2.05) is 0 Å². The highest BCUT2D eigenvalue weighted by atomic mass is 16.5. The second-order valence-electron chi connectivity index (χ2n) is 8.10. The van der Waals surface area contributed by atoms with Gasteiger partial charge in [-0.25, -0.2) is 4.79 Å². The monoisotopic (exact) mass is 381 g/mol. The van der Waals surface area contributed by atoms with Gasteiger partial charge in [0.1, 0.15) is 0 Å². The van der Waals surface area contributed by atoms with Crippen LogP contribution in [0.4, 0.5) is 4.79 Å². The van der Waals surface area contributed by atoms with Gasteiger partial charge in [0.2, 0.25) is 5.91 Å². The van der Waals surface area contributed by atoms with Crippen LogP contribution >= 0.6 is 0 Å². The number of aliphatic carboxylic acids is 1. The fraction of sp³-hybridized carbons (Fsp3) is 0.842. The first-order valence-corrected chi connectivity index (χ1v) is 10.1. The third kappa shape index (κ3) is 4.72. The molecule has 8 heteroatoms. The molecule has 152 valence electrons. The third-order valence-electron chi connectivity index (χ3n) is 6.28. The molecule has 3 amide bonds. The number of carboxylic acids is 1. The van der Waals surface area contributed by atoms with E-state index < -0.39 is 11.4 Å². The van der Waals surface area contributed by atoms with E-state index in [1.54, 1.807) is 4.90 Å². The molecule has 3 N–H and O–H groups in total. The molecule has 2 heterocycles. The van der Waals surface area contributed by atoms with Crippen molar-refractivity contribution >= 4 is 17.9 Å². The summed E-state index contributed by atoms with van der Waals surface area (Å²) in [5, 5.41) is 15.5. The second kappa shape index (κ2) is 8.91. The molecule has 0 bridgehead atoms. The number of fused-ring (bicyclic) bond motifs is 1. The zero-order valence-electron chi connectivity index (χ0n) is 15.9. The molecule has 3 fully saturated rings. The average Bonchev–Trinajstić information content (AvgIpc) is 3.07. The number of hydrogen-bond acceptors (Lipinski definition) is 4. The number of hydrogen-bond donors (Lipinski definition) is 3. The number of carbonyl (C=O) groups is 3. The first-order valence-electron chi connectivity index (χ1n) is 10.1. The Kier molecular flexibility index (Phi) is 6.57. The maximum absolute atomic E-state index is 12.5. The normalized spacial score (nSPS) is 28.4. The number of urea groups is 1. The lowest BCUT2D eigenvalue weighted by atomic mass is 9.74. The molecule has 27 heavy (non-hydrogen) atoms. The van der Waals surface area contributed by atoms with Crippen LogP contribution in [0.3, 0.4) is 0 Å². The van der Waals surface area contributed by atoms with E-state index >= 15 is 0 Å². The van der Waals surface area contributed by atoms with Crippen LogP contribution in [0.2, 0.25) is 0 Å². The summed E-state index contributed by atoms with van der Waals surface area (Å²) in [5.74, 6) is -1.00. The highest BCUT2D eigenvalue weighted by molar-refractivity contribution is 5.81. The highest BCUT2D eigenvalue weighted by Gasteiger charge is 2.54. The molecule has 0 radical (unpaired) electrons. The van der Waals surface area contributed by atoms with Gasteiger partial charge in [0.25, 0.3) is 0 Å². The van der Waals surface area contributed by atoms with Crippen LogP contribution in [-0.2, 0) is 14.3 Å². The SMILES string of the molecule is O=C(NCCCC(=O)N1C[C@H]2COCC[C@@]2(C(=O)O)C1)NC1CCCCC1. The fourth-order valence-electron chi connectivity index (χ4n) is 4.57. The fourth-order valence-corrected chi connectivity index (χ4v) is 4.57. The van der Waals surface area contributed by atoms with E-state index in [9.17, 15) is 19.5 Å². The summed E-state index contributed by atoms with van der Waals surface area (Å²) in [7, 11) is 0. The van der Waals surface area contributed by atoms with Gasteiger partial charge in [0.15, 0.2) is 0 Å². The molecule has 2 atom stereocenters. The number of carboxylic acid groups (broad SMARTS) is 1. The Bertz CT molecular complexity index is 564. The lowest BCUT2D eigenvalue weighted by Crippen LogP contribution is -2.45. The maximum Gasteiger partial charge on any atom is 0.315 e. The molecule has 0 aromatic rings. The zero-order valence-corrected chi connectivity index (χ0v) is 15.9. The van der Waals surface area contributed by atoms with Crippen molar-refractivity contribution in [1.29, 1.82) is 0 Å². The number of likely N-dealkylation sites (tertiary alicyclic amines) is 1. The molecule has 0 unspecified atom stereocenters. The van der Waals surface area contributed by atoms with Crippen molar-refractivity contribution in [2.24, 2.45) is 11.3 Å². The molecule has 0 aromatic carbocycles. The predicted octanol–water partition coefficient (Wildman–Crippen LogP) is 1.35. The molecule has 2 aliphatic heterocycles. The van der Waals surface area contributed by atoms with Crippen molar-refractivity contribution in [2.75, 3.05) is 32.8 Å². The van der Waals surface area contributed by atoms with Gasteiger partial charge in [0, 0.05) is 44.6 Å². The maximum atomic E-state index is 12.5. The van der Waals surface area contributed by atoms with Gasteiger partial charge in [-0.2, -0.15) is 0 Å². The Balaban J connectivity index is 1.37. The number of rotatable bonds is 6. The predicted molar refractivity (Wildman–Crippen MR) is 98.2 cm³/mol. The minimum Gasteiger partial charge on any atom is -0.481 e. The molecule has 0 spiro atoms. The van der Waals surface area contributed by atoms with Gasteiger partial charge in [0.05, 0.1) is 12.0 Å². The van der Waals surface area contributed by atoms with Crippen molar-refractivity contribution in [3.63, 3.8) is 0 Å². The van der Waals surface area contributed by atoms with E-state index in [2.05, 4.69) is 10.6 Å². The second-order valence-corrected chi connectivity index (χ2v) is 8.10. The van der Waals surface area contributed by atoms with Crippen molar-refractivity contribution in [2.45, 2.75) is 57.4 Å². The van der Waals surface area contributed by atoms with Gasteiger partial charge in [-0.3, -0.25) is 9.59 Å². The lowest BCUT2D eigenvalue weighted by Gasteiger charge is -2.33. The number of amides is 3. The third-order valence-corrected chi connectivity index (χ3v) is 6.28. The lowest BCUT2D eigenvalue weighted by molar-refractivity contribution is -0.157. The topological polar surface area (TPSA) is 108 Å². The first-order chi connectivity index (χ1) is 13.0. The van der Waals surface area contributed by atoms with Crippen LogP contribution in [0.1, 0.15) is 51.4 Å². The summed E-state index contributed by atoms with van der Waals surface area (Å²) in [4.78, 5) is 37.8. The summed E-state index contributed by atoms with van der Waals surface area (Å²) in [6.45, 7) is 1.99. The van der Waals surface area contributed by atoms with Crippen LogP contribution in [-0.4, -0.2) is 66.8 Å². The van der Waals surface area contributed by atoms with Gasteiger partial charge in [-0.05, 0) is 25.7 Å². The number of nitrogens with one attached hydrogen (secondary N) is 2. The Morgan fingerprint density at radius 1 is 1.19 bits per heavy atom. The largest absolute Gasteiger partial charge is 0.481 e. The molecular formula is C19H31N3O5. The molecule has 1 saturated carbocycles. The summed E-state index contributed by atoms with van der Waals surface area (Å²) in [5.41, 5.74) is -0.855. The van der Waals surface area contributed by atoms with Crippen molar-refractivity contribution < 1.29 is 24.2 Å². The van der Waals surface area contributed by atoms with Crippen LogP contribution < -0.4 is 10.6 Å². The van der Waals surface area contributed by atoms with Crippen molar-refractivity contribution in [3.8, 4) is 0 Å². The summed E-state index contributed by atoms with van der Waals surface area (Å²) in [6.07, 6.45) is 6.97. The molecule has 1 aliphatic carbocycles. The Morgan fingerprint density at radius 3 is 2.67 bits per heavy atom. The summed E-state index contributed by atoms with van der Waals surface area (Å²) < 4.78 is 5.42. The minimum atomic E-state index is -0.855. The number of carbonyl (C=O) groups excluding carboxylic acids is 2. The standard InChI is InChI=1S/C19H31N3O5/c23-16(7-4-9-20-18(26)21-15-5-2-1-3-6-15)22-11-14-12-27-10-8-19(14,13-22)17(24)25/h14-15H,1-13H2,(H,24,25)(H2,20,21,26)/t14-,19+/m0/s1. The molecule has 0 aromatic heterocycles. The van der Waals surface area contributed by atoms with E-state index in [1.165, 1.54) is 19.3 Å². The molecule has 3 rings (SSSR count). The van der Waals surface area contributed by atoms with Gasteiger partial charge >= 0.3 is 12.0 Å².